The first-order valence-corrected chi connectivity index (χ1v) is 15.1. The molecule has 1 saturated carbocycles. The van der Waals surface area contributed by atoms with Crippen molar-refractivity contribution in [1.29, 1.82) is 0 Å². The molecule has 9 nitrogen and oxygen atoms in total. The molecule has 0 bridgehead atoms. The fraction of sp³-hybridized carbons (Fsp3) is 0.710. The van der Waals surface area contributed by atoms with E-state index in [0.717, 1.165) is 82.3 Å². The Hall–Kier alpha value is -2.33. The van der Waals surface area contributed by atoms with E-state index in [1.807, 2.05) is 19.1 Å². The Labute approximate surface area is 237 Å². The molecule has 3 aliphatic heterocycles. The lowest BCUT2D eigenvalue weighted by Crippen LogP contribution is -2.46. The molecule has 40 heavy (non-hydrogen) atoms. The number of likely N-dealkylation sites (tertiary alicyclic amines) is 2. The average Bonchev–Trinajstić information content (AvgIpc) is 3.53. The van der Waals surface area contributed by atoms with Crippen LogP contribution in [0.4, 0.5) is 0 Å². The zero-order valence-corrected chi connectivity index (χ0v) is 24.0. The number of primary amides is 1. The lowest BCUT2D eigenvalue weighted by Gasteiger charge is -2.36. The summed E-state index contributed by atoms with van der Waals surface area (Å²) in [7, 11) is 1.73. The van der Waals surface area contributed by atoms with Crippen molar-refractivity contribution in [3.05, 3.63) is 34.9 Å². The molecule has 9 heteroatoms. The molecule has 4 aliphatic rings. The highest BCUT2D eigenvalue weighted by Gasteiger charge is 2.54. The summed E-state index contributed by atoms with van der Waals surface area (Å²) in [4.78, 5) is 44.4. The largest absolute Gasteiger partial charge is 0.383 e. The molecular weight excluding hydrogens is 510 g/mol. The van der Waals surface area contributed by atoms with Crippen molar-refractivity contribution >= 4 is 17.6 Å². The van der Waals surface area contributed by atoms with Gasteiger partial charge in [0.05, 0.1) is 19.1 Å². The predicted molar refractivity (Wildman–Crippen MR) is 150 cm³/mol. The molecule has 1 aromatic rings. The minimum Gasteiger partial charge on any atom is -0.383 e. The van der Waals surface area contributed by atoms with Gasteiger partial charge in [-0.3, -0.25) is 14.4 Å². The standard InChI is InChI=1S/C31H45N3O6/c1-3-39-26-18-34(28-25(35)19-40-29(26)28)31(37)27(21-7-5-4-6-8-21)24-17-22(9-10-23(24)30(32)36)20-11-13-33(14-12-20)15-16-38-2/h9-10,17,20-21,26-29H,3-8,11-16,18-19H2,1-2H3,(H2,32,36)/t26-,27-,28+,29+/m0/s1. The Morgan fingerprint density at radius 1 is 1.12 bits per heavy atom. The number of methoxy groups -OCH3 is 1. The Morgan fingerprint density at radius 3 is 2.55 bits per heavy atom. The molecule has 0 spiro atoms. The van der Waals surface area contributed by atoms with Crippen molar-refractivity contribution in [2.24, 2.45) is 11.7 Å². The van der Waals surface area contributed by atoms with Gasteiger partial charge in [0.25, 0.3) is 0 Å². The fourth-order valence-corrected chi connectivity index (χ4v) is 7.46. The van der Waals surface area contributed by atoms with Gasteiger partial charge in [-0.15, -0.1) is 0 Å². The monoisotopic (exact) mass is 555 g/mol. The van der Waals surface area contributed by atoms with Crippen LogP contribution < -0.4 is 5.73 Å². The number of hydrogen-bond acceptors (Lipinski definition) is 7. The third kappa shape index (κ3) is 5.98. The van der Waals surface area contributed by atoms with Crippen molar-refractivity contribution in [2.45, 2.75) is 82.0 Å². The predicted octanol–water partition coefficient (Wildman–Crippen LogP) is 2.86. The summed E-state index contributed by atoms with van der Waals surface area (Å²) < 4.78 is 17.0. The van der Waals surface area contributed by atoms with Gasteiger partial charge in [-0.1, -0.05) is 31.4 Å². The van der Waals surface area contributed by atoms with Crippen LogP contribution in [0.5, 0.6) is 0 Å². The second-order valence-corrected chi connectivity index (χ2v) is 11.9. The highest BCUT2D eigenvalue weighted by molar-refractivity contribution is 5.99. The highest BCUT2D eigenvalue weighted by Crippen LogP contribution is 2.42. The fourth-order valence-electron chi connectivity index (χ4n) is 7.46. The SMILES string of the molecule is CCO[C@H]1CN(C(=O)[C@H](c2cc(C3CCN(CCOC)CC3)ccc2C(N)=O)C2CCCCC2)[C@@H]2C(=O)CO[C@H]12. The van der Waals surface area contributed by atoms with Crippen LogP contribution in [-0.4, -0.2) is 98.8 Å². The van der Waals surface area contributed by atoms with E-state index >= 15 is 0 Å². The summed E-state index contributed by atoms with van der Waals surface area (Å²) in [5, 5.41) is 0. The number of fused-ring (bicyclic) bond motifs is 1. The second-order valence-electron chi connectivity index (χ2n) is 11.9. The summed E-state index contributed by atoms with van der Waals surface area (Å²) in [5.41, 5.74) is 8.22. The molecule has 3 heterocycles. The molecule has 2 N–H and O–H groups in total. The van der Waals surface area contributed by atoms with E-state index in [1.54, 1.807) is 12.0 Å². The van der Waals surface area contributed by atoms with Crippen LogP contribution >= 0.6 is 0 Å². The summed E-state index contributed by atoms with van der Waals surface area (Å²) in [6.45, 7) is 6.35. The number of amides is 2. The van der Waals surface area contributed by atoms with Gasteiger partial charge in [0.2, 0.25) is 11.8 Å². The smallest absolute Gasteiger partial charge is 0.249 e. The van der Waals surface area contributed by atoms with Gasteiger partial charge in [-0.2, -0.15) is 0 Å². The maximum absolute atomic E-state index is 14.6. The number of piperidine rings is 1. The zero-order valence-electron chi connectivity index (χ0n) is 24.0. The third-order valence-electron chi connectivity index (χ3n) is 9.54. The van der Waals surface area contributed by atoms with Crippen LogP contribution in [0.3, 0.4) is 0 Å². The van der Waals surface area contributed by atoms with Gasteiger partial charge in [0.1, 0.15) is 24.9 Å². The lowest BCUT2D eigenvalue weighted by molar-refractivity contribution is -0.139. The van der Waals surface area contributed by atoms with E-state index in [4.69, 9.17) is 19.9 Å². The summed E-state index contributed by atoms with van der Waals surface area (Å²) >= 11 is 0. The van der Waals surface area contributed by atoms with Crippen LogP contribution in [0, 0.1) is 5.92 Å². The van der Waals surface area contributed by atoms with E-state index in [0.29, 0.717) is 24.6 Å². The number of Topliss-reactive ketones (excluding diaryl/α,β-unsaturated/α-hetero) is 1. The van der Waals surface area contributed by atoms with Gasteiger partial charge in [-0.05, 0) is 74.7 Å². The lowest BCUT2D eigenvalue weighted by atomic mass is 9.73. The van der Waals surface area contributed by atoms with E-state index in [-0.39, 0.29) is 30.3 Å². The molecule has 5 rings (SSSR count). The van der Waals surface area contributed by atoms with Gasteiger partial charge >= 0.3 is 0 Å². The molecule has 2 amide bonds. The number of rotatable bonds is 10. The van der Waals surface area contributed by atoms with Crippen molar-refractivity contribution in [3.63, 3.8) is 0 Å². The zero-order chi connectivity index (χ0) is 28.2. The molecule has 1 aliphatic carbocycles. The number of carbonyl (C=O) groups excluding carboxylic acids is 3. The third-order valence-corrected chi connectivity index (χ3v) is 9.54. The van der Waals surface area contributed by atoms with E-state index < -0.39 is 24.0 Å². The molecule has 3 saturated heterocycles. The number of nitrogens with two attached hydrogens (primary N) is 1. The maximum atomic E-state index is 14.6. The van der Waals surface area contributed by atoms with Crippen LogP contribution in [0.2, 0.25) is 0 Å². The highest BCUT2D eigenvalue weighted by atomic mass is 16.6. The minimum atomic E-state index is -0.633. The molecule has 0 aromatic heterocycles. The molecule has 0 unspecified atom stereocenters. The number of hydrogen-bond donors (Lipinski definition) is 1. The quantitative estimate of drug-likeness (QED) is 0.473. The van der Waals surface area contributed by atoms with Crippen LogP contribution in [-0.2, 0) is 23.8 Å². The number of carbonyl (C=O) groups is 3. The Balaban J connectivity index is 1.47. The van der Waals surface area contributed by atoms with Gasteiger partial charge < -0.3 is 29.7 Å². The van der Waals surface area contributed by atoms with Crippen molar-refractivity contribution in [1.82, 2.24) is 9.80 Å². The summed E-state index contributed by atoms with van der Waals surface area (Å²) in [6, 6.07) is 5.31. The van der Waals surface area contributed by atoms with Crippen molar-refractivity contribution in [2.75, 3.05) is 53.1 Å². The Kier molecular flexibility index (Phi) is 9.56. The molecule has 0 radical (unpaired) electrons. The molecule has 1 aromatic carbocycles. The second kappa shape index (κ2) is 13.1. The van der Waals surface area contributed by atoms with Crippen molar-refractivity contribution in [3.8, 4) is 0 Å². The van der Waals surface area contributed by atoms with Gasteiger partial charge in [0.15, 0.2) is 5.78 Å². The Morgan fingerprint density at radius 2 is 1.88 bits per heavy atom. The maximum Gasteiger partial charge on any atom is 0.249 e. The van der Waals surface area contributed by atoms with Crippen molar-refractivity contribution < 1.29 is 28.6 Å². The minimum absolute atomic E-state index is 0.00187. The number of ether oxygens (including phenoxy) is 3. The normalized spacial score (nSPS) is 27.2. The topological polar surface area (TPSA) is 111 Å². The summed E-state index contributed by atoms with van der Waals surface area (Å²) in [6.07, 6.45) is 6.34. The molecule has 220 valence electrons. The van der Waals surface area contributed by atoms with Crippen LogP contribution in [0.15, 0.2) is 18.2 Å². The average molecular weight is 556 g/mol. The first kappa shape index (κ1) is 29.2. The number of nitrogens with zero attached hydrogens (tertiary/aromatic N) is 2. The molecule has 4 atom stereocenters. The number of ketones is 1. The first-order valence-electron chi connectivity index (χ1n) is 15.1. The van der Waals surface area contributed by atoms with E-state index in [9.17, 15) is 14.4 Å². The Bertz CT molecular complexity index is 1070. The van der Waals surface area contributed by atoms with Crippen LogP contribution in [0.1, 0.15) is 85.2 Å². The summed E-state index contributed by atoms with van der Waals surface area (Å²) in [5.74, 6) is -0.781. The van der Waals surface area contributed by atoms with Gasteiger partial charge in [-0.25, -0.2) is 0 Å². The van der Waals surface area contributed by atoms with E-state index in [2.05, 4.69) is 11.0 Å². The molecular formula is C31H45N3O6. The first-order chi connectivity index (χ1) is 19.4. The van der Waals surface area contributed by atoms with E-state index in [1.165, 1.54) is 0 Å². The number of benzene rings is 1. The van der Waals surface area contributed by atoms with Crippen LogP contribution in [0.25, 0.3) is 0 Å². The molecule has 4 fully saturated rings. The van der Waals surface area contributed by atoms with Gasteiger partial charge in [0, 0.05) is 25.8 Å².